The number of carbonyl (C=O) groups is 1. The molecule has 0 aromatic heterocycles. The van der Waals surface area contributed by atoms with Gasteiger partial charge in [-0.1, -0.05) is 12.1 Å². The summed E-state index contributed by atoms with van der Waals surface area (Å²) in [5.74, 6) is 1.10. The Balaban J connectivity index is 1.50. The Bertz CT molecular complexity index is 794. The van der Waals surface area contributed by atoms with E-state index in [0.717, 1.165) is 4.90 Å². The van der Waals surface area contributed by atoms with Gasteiger partial charge in [0.25, 0.3) is 5.69 Å². The largest absolute Gasteiger partial charge is 0.486 e. The molecule has 0 atom stereocenters. The van der Waals surface area contributed by atoms with E-state index in [1.165, 1.54) is 23.9 Å². The smallest absolute Gasteiger partial charge is 0.316 e. The van der Waals surface area contributed by atoms with Gasteiger partial charge >= 0.3 is 5.97 Å². The van der Waals surface area contributed by atoms with E-state index >= 15 is 0 Å². The van der Waals surface area contributed by atoms with Gasteiger partial charge in [0.05, 0.1) is 10.7 Å². The quantitative estimate of drug-likeness (QED) is 0.338. The molecule has 0 amide bonds. The molecule has 0 aliphatic carbocycles. The number of nitrogens with zero attached hydrogens (tertiary/aromatic N) is 1. The van der Waals surface area contributed by atoms with Crippen molar-refractivity contribution < 1.29 is 23.9 Å². The fourth-order valence-electron chi connectivity index (χ4n) is 2.22. The summed E-state index contributed by atoms with van der Waals surface area (Å²) in [5.41, 5.74) is 0.547. The lowest BCUT2D eigenvalue weighted by Crippen LogP contribution is -2.15. The molecule has 1 aliphatic heterocycles. The van der Waals surface area contributed by atoms with Crippen molar-refractivity contribution in [2.24, 2.45) is 0 Å². The zero-order valence-electron chi connectivity index (χ0n) is 13.2. The molecule has 130 valence electrons. The van der Waals surface area contributed by atoms with Crippen molar-refractivity contribution in [1.82, 2.24) is 0 Å². The van der Waals surface area contributed by atoms with Gasteiger partial charge in [-0.15, -0.1) is 11.8 Å². The summed E-state index contributed by atoms with van der Waals surface area (Å²) < 4.78 is 16.1. The van der Waals surface area contributed by atoms with Crippen LogP contribution in [0.3, 0.4) is 0 Å². The molecule has 0 radical (unpaired) electrons. The minimum absolute atomic E-state index is 0.00219. The lowest BCUT2D eigenvalue weighted by Gasteiger charge is -2.18. The molecule has 1 heterocycles. The van der Waals surface area contributed by atoms with E-state index in [4.69, 9.17) is 14.2 Å². The van der Waals surface area contributed by atoms with E-state index in [-0.39, 0.29) is 18.0 Å². The number of benzene rings is 2. The number of ether oxygens (including phenoxy) is 3. The second-order valence-corrected chi connectivity index (χ2v) is 6.23. The number of hydrogen-bond donors (Lipinski definition) is 0. The van der Waals surface area contributed by atoms with Gasteiger partial charge in [-0.2, -0.15) is 0 Å². The monoisotopic (exact) mass is 361 g/mol. The Kier molecular flexibility index (Phi) is 5.39. The minimum atomic E-state index is -0.483. The van der Waals surface area contributed by atoms with Gasteiger partial charge in [0.1, 0.15) is 19.8 Å². The minimum Gasteiger partial charge on any atom is -0.486 e. The van der Waals surface area contributed by atoms with Crippen molar-refractivity contribution in [2.45, 2.75) is 11.5 Å². The van der Waals surface area contributed by atoms with Gasteiger partial charge in [0.15, 0.2) is 11.5 Å². The van der Waals surface area contributed by atoms with E-state index in [1.807, 2.05) is 18.2 Å². The number of nitro benzene ring substituents is 1. The van der Waals surface area contributed by atoms with Gasteiger partial charge in [0.2, 0.25) is 0 Å². The van der Waals surface area contributed by atoms with E-state index in [2.05, 4.69) is 0 Å². The van der Waals surface area contributed by atoms with Crippen LogP contribution in [0.4, 0.5) is 5.69 Å². The van der Waals surface area contributed by atoms with Crippen molar-refractivity contribution >= 4 is 23.4 Å². The molecule has 0 saturated carbocycles. The number of esters is 1. The first-order chi connectivity index (χ1) is 12.1. The van der Waals surface area contributed by atoms with Gasteiger partial charge < -0.3 is 14.2 Å². The van der Waals surface area contributed by atoms with Crippen molar-refractivity contribution in [3.05, 3.63) is 58.1 Å². The van der Waals surface area contributed by atoms with E-state index < -0.39 is 10.9 Å². The zero-order chi connectivity index (χ0) is 17.6. The van der Waals surface area contributed by atoms with Crippen LogP contribution in [0, 0.1) is 10.1 Å². The van der Waals surface area contributed by atoms with Crippen molar-refractivity contribution in [3.63, 3.8) is 0 Å². The Labute approximate surface area is 148 Å². The number of nitro groups is 1. The number of non-ortho nitro benzene ring substituents is 1. The average Bonchev–Trinajstić information content (AvgIpc) is 2.64. The highest BCUT2D eigenvalue weighted by molar-refractivity contribution is 8.00. The first kappa shape index (κ1) is 17.1. The second-order valence-electron chi connectivity index (χ2n) is 5.18. The van der Waals surface area contributed by atoms with Crippen LogP contribution in [-0.4, -0.2) is 29.9 Å². The maximum absolute atomic E-state index is 11.9. The van der Waals surface area contributed by atoms with Crippen LogP contribution >= 0.6 is 11.8 Å². The Hall–Kier alpha value is -2.74. The fourth-order valence-corrected chi connectivity index (χ4v) is 2.94. The summed E-state index contributed by atoms with van der Waals surface area (Å²) in [6, 6.07) is 11.5. The molecule has 0 N–H and O–H groups in total. The maximum atomic E-state index is 11.9. The molecular formula is C17H15NO6S. The Morgan fingerprint density at radius 1 is 1.16 bits per heavy atom. The molecule has 0 saturated heterocycles. The van der Waals surface area contributed by atoms with Gasteiger partial charge in [-0.25, -0.2) is 0 Å². The molecule has 0 unspecified atom stereocenters. The Morgan fingerprint density at radius 2 is 1.96 bits per heavy atom. The second kappa shape index (κ2) is 7.89. The number of hydrogen-bond acceptors (Lipinski definition) is 7. The summed E-state index contributed by atoms with van der Waals surface area (Å²) in [6.07, 6.45) is 0. The van der Waals surface area contributed by atoms with Crippen molar-refractivity contribution in [3.8, 4) is 11.5 Å². The molecule has 1 aliphatic rings. The molecule has 7 nitrogen and oxygen atoms in total. The first-order valence-corrected chi connectivity index (χ1v) is 8.52. The highest BCUT2D eigenvalue weighted by atomic mass is 32.2. The summed E-state index contributed by atoms with van der Waals surface area (Å²) in [4.78, 5) is 23.0. The topological polar surface area (TPSA) is 87.9 Å². The number of thioether (sulfide) groups is 1. The molecule has 3 rings (SSSR count). The van der Waals surface area contributed by atoms with Crippen LogP contribution in [0.1, 0.15) is 5.56 Å². The van der Waals surface area contributed by atoms with Crippen LogP contribution in [0.15, 0.2) is 47.4 Å². The maximum Gasteiger partial charge on any atom is 0.316 e. The molecule has 2 aromatic rings. The van der Waals surface area contributed by atoms with Crippen LogP contribution in [0.2, 0.25) is 0 Å². The molecule has 25 heavy (non-hydrogen) atoms. The summed E-state index contributed by atoms with van der Waals surface area (Å²) >= 11 is 1.33. The van der Waals surface area contributed by atoms with Gasteiger partial charge in [0, 0.05) is 17.0 Å². The molecular weight excluding hydrogens is 346 g/mol. The summed E-state index contributed by atoms with van der Waals surface area (Å²) in [6.45, 7) is 1.04. The molecule has 2 aromatic carbocycles. The standard InChI is InChI=1S/C17H15NO6S/c19-17(24-10-12-2-1-3-13(8-12)18(20)21)11-25-14-4-5-15-16(9-14)23-7-6-22-15/h1-5,8-9H,6-7,10-11H2. The average molecular weight is 361 g/mol. The number of carbonyl (C=O) groups excluding carboxylic acids is 1. The fraction of sp³-hybridized carbons (Fsp3) is 0.235. The lowest BCUT2D eigenvalue weighted by atomic mass is 10.2. The van der Waals surface area contributed by atoms with Crippen LogP contribution in [-0.2, 0) is 16.1 Å². The molecule has 0 spiro atoms. The summed E-state index contributed by atoms with van der Waals surface area (Å²) in [5, 5.41) is 10.7. The van der Waals surface area contributed by atoms with Crippen LogP contribution in [0.5, 0.6) is 11.5 Å². The third-order valence-corrected chi connectivity index (χ3v) is 4.36. The third kappa shape index (κ3) is 4.63. The third-order valence-electron chi connectivity index (χ3n) is 3.39. The SMILES string of the molecule is O=C(CSc1ccc2c(c1)OCCO2)OCc1cccc([N+](=O)[O-])c1. The summed E-state index contributed by atoms with van der Waals surface area (Å²) in [7, 11) is 0. The highest BCUT2D eigenvalue weighted by Crippen LogP contribution is 2.34. The predicted molar refractivity (Wildman–Crippen MR) is 91.0 cm³/mol. The van der Waals surface area contributed by atoms with Crippen LogP contribution < -0.4 is 9.47 Å². The first-order valence-electron chi connectivity index (χ1n) is 7.53. The number of rotatable bonds is 6. The Morgan fingerprint density at radius 3 is 2.76 bits per heavy atom. The van der Waals surface area contributed by atoms with Crippen LogP contribution in [0.25, 0.3) is 0 Å². The molecule has 0 fully saturated rings. The van der Waals surface area contributed by atoms with Crippen molar-refractivity contribution in [2.75, 3.05) is 19.0 Å². The van der Waals surface area contributed by atoms with Gasteiger partial charge in [-0.3, -0.25) is 14.9 Å². The van der Waals surface area contributed by atoms with E-state index in [9.17, 15) is 14.9 Å². The van der Waals surface area contributed by atoms with E-state index in [0.29, 0.717) is 30.3 Å². The zero-order valence-corrected chi connectivity index (χ0v) is 14.0. The molecule has 0 bridgehead atoms. The highest BCUT2D eigenvalue weighted by Gasteiger charge is 2.13. The van der Waals surface area contributed by atoms with Gasteiger partial charge in [-0.05, 0) is 23.8 Å². The normalized spacial score (nSPS) is 12.5. The number of fused-ring (bicyclic) bond motifs is 1. The van der Waals surface area contributed by atoms with E-state index in [1.54, 1.807) is 12.1 Å². The lowest BCUT2D eigenvalue weighted by molar-refractivity contribution is -0.384. The molecule has 8 heteroatoms. The predicted octanol–water partition coefficient (Wildman–Crippen LogP) is 3.20. The van der Waals surface area contributed by atoms with Crippen molar-refractivity contribution in [1.29, 1.82) is 0 Å².